The molecule has 0 aliphatic carbocycles. The van der Waals surface area contributed by atoms with E-state index in [1.165, 1.54) is 0 Å². The molecule has 0 aliphatic rings. The standard InChI is InChI=1S/C14H11N5OS/c15-12(20)10-2-1-3-11(8-10)19-13(17-18-14(19)21)9-4-6-16-7-5-9/h1-8H,(H2,15,20)(H,18,21). The van der Waals surface area contributed by atoms with Crippen LogP contribution in [0.5, 0.6) is 0 Å². The second-order valence-electron chi connectivity index (χ2n) is 4.34. The number of nitrogens with one attached hydrogen (secondary N) is 1. The van der Waals surface area contributed by atoms with Gasteiger partial charge in [-0.3, -0.25) is 19.4 Å². The summed E-state index contributed by atoms with van der Waals surface area (Å²) in [5.74, 6) is 0.154. The van der Waals surface area contributed by atoms with E-state index in [2.05, 4.69) is 15.2 Å². The lowest BCUT2D eigenvalue weighted by atomic mass is 10.2. The number of carbonyl (C=O) groups excluding carboxylic acids is 1. The molecule has 0 fully saturated rings. The molecular weight excluding hydrogens is 286 g/mol. The first-order valence-electron chi connectivity index (χ1n) is 6.15. The summed E-state index contributed by atoms with van der Waals surface area (Å²) in [6.45, 7) is 0. The predicted molar refractivity (Wildman–Crippen MR) is 80.5 cm³/mol. The SMILES string of the molecule is NC(=O)c1cccc(-n2c(-c3ccncc3)n[nH]c2=S)c1. The Morgan fingerprint density at radius 3 is 2.71 bits per heavy atom. The Kier molecular flexibility index (Phi) is 3.33. The number of hydrogen-bond donors (Lipinski definition) is 2. The van der Waals surface area contributed by atoms with Crippen molar-refractivity contribution in [3.63, 3.8) is 0 Å². The Bertz CT molecular complexity index is 853. The fraction of sp³-hybridized carbons (Fsp3) is 0. The van der Waals surface area contributed by atoms with Crippen molar-refractivity contribution >= 4 is 18.1 Å². The van der Waals surface area contributed by atoms with Crippen LogP contribution in [0.15, 0.2) is 48.8 Å². The van der Waals surface area contributed by atoms with Gasteiger partial charge in [0.1, 0.15) is 0 Å². The number of benzene rings is 1. The minimum absolute atomic E-state index is 0.413. The van der Waals surface area contributed by atoms with Gasteiger partial charge in [0, 0.05) is 23.5 Å². The highest BCUT2D eigenvalue weighted by molar-refractivity contribution is 7.71. The number of primary amides is 1. The summed E-state index contributed by atoms with van der Waals surface area (Å²) in [6, 6.07) is 10.6. The number of carbonyl (C=O) groups is 1. The zero-order valence-electron chi connectivity index (χ0n) is 10.9. The molecule has 104 valence electrons. The van der Waals surface area contributed by atoms with Gasteiger partial charge in [0.05, 0.1) is 5.69 Å². The van der Waals surface area contributed by atoms with Gasteiger partial charge in [0.2, 0.25) is 5.91 Å². The van der Waals surface area contributed by atoms with Gasteiger partial charge < -0.3 is 5.73 Å². The number of aromatic amines is 1. The molecule has 3 aromatic rings. The second-order valence-corrected chi connectivity index (χ2v) is 4.72. The van der Waals surface area contributed by atoms with E-state index >= 15 is 0 Å². The average molecular weight is 297 g/mol. The summed E-state index contributed by atoms with van der Waals surface area (Å²) in [5.41, 5.74) is 7.31. The molecule has 0 saturated heterocycles. The first-order chi connectivity index (χ1) is 10.2. The molecule has 0 spiro atoms. The third-order valence-corrected chi connectivity index (χ3v) is 3.27. The minimum Gasteiger partial charge on any atom is -0.366 e. The Morgan fingerprint density at radius 1 is 1.24 bits per heavy atom. The van der Waals surface area contributed by atoms with Gasteiger partial charge in [-0.1, -0.05) is 6.07 Å². The number of H-pyrrole nitrogens is 1. The van der Waals surface area contributed by atoms with Crippen LogP contribution in [-0.4, -0.2) is 25.7 Å². The summed E-state index contributed by atoms with van der Waals surface area (Å²) >= 11 is 5.28. The lowest BCUT2D eigenvalue weighted by Crippen LogP contribution is -2.11. The van der Waals surface area contributed by atoms with Crippen molar-refractivity contribution in [2.75, 3.05) is 0 Å². The molecule has 0 bridgehead atoms. The largest absolute Gasteiger partial charge is 0.366 e. The van der Waals surface area contributed by atoms with Crippen LogP contribution in [0.1, 0.15) is 10.4 Å². The molecule has 7 heteroatoms. The van der Waals surface area contributed by atoms with Crippen LogP contribution < -0.4 is 5.73 Å². The van der Waals surface area contributed by atoms with Gasteiger partial charge in [-0.2, -0.15) is 5.10 Å². The quantitative estimate of drug-likeness (QED) is 0.724. The number of amides is 1. The zero-order chi connectivity index (χ0) is 14.8. The molecule has 0 atom stereocenters. The summed E-state index contributed by atoms with van der Waals surface area (Å²) in [6.07, 6.45) is 3.36. The maximum absolute atomic E-state index is 11.3. The molecule has 3 rings (SSSR count). The molecule has 2 aromatic heterocycles. The lowest BCUT2D eigenvalue weighted by Gasteiger charge is -2.07. The van der Waals surface area contributed by atoms with Crippen molar-refractivity contribution in [3.8, 4) is 17.1 Å². The van der Waals surface area contributed by atoms with Gasteiger partial charge in [0.25, 0.3) is 0 Å². The monoisotopic (exact) mass is 297 g/mol. The Labute approximate surface area is 125 Å². The molecule has 21 heavy (non-hydrogen) atoms. The highest BCUT2D eigenvalue weighted by Crippen LogP contribution is 2.21. The van der Waals surface area contributed by atoms with Crippen molar-refractivity contribution < 1.29 is 4.79 Å². The normalized spacial score (nSPS) is 10.5. The number of aromatic nitrogens is 4. The van der Waals surface area contributed by atoms with Crippen LogP contribution >= 0.6 is 12.2 Å². The number of nitrogens with zero attached hydrogens (tertiary/aromatic N) is 3. The summed E-state index contributed by atoms with van der Waals surface area (Å²) < 4.78 is 2.18. The van der Waals surface area contributed by atoms with E-state index in [-0.39, 0.29) is 0 Å². The molecular formula is C14H11N5OS. The molecule has 0 radical (unpaired) electrons. The highest BCUT2D eigenvalue weighted by Gasteiger charge is 2.11. The maximum atomic E-state index is 11.3. The molecule has 0 aliphatic heterocycles. The third-order valence-electron chi connectivity index (χ3n) is 3.00. The van der Waals surface area contributed by atoms with Crippen molar-refractivity contribution in [1.82, 2.24) is 19.7 Å². The summed E-state index contributed by atoms with van der Waals surface area (Å²) in [5, 5.41) is 7.00. The molecule has 0 unspecified atom stereocenters. The van der Waals surface area contributed by atoms with Crippen LogP contribution in [0.3, 0.4) is 0 Å². The van der Waals surface area contributed by atoms with Gasteiger partial charge in [-0.05, 0) is 42.5 Å². The fourth-order valence-corrected chi connectivity index (χ4v) is 2.27. The maximum Gasteiger partial charge on any atom is 0.248 e. The molecule has 2 heterocycles. The molecule has 1 aromatic carbocycles. The first-order valence-corrected chi connectivity index (χ1v) is 6.55. The van der Waals surface area contributed by atoms with Gasteiger partial charge in [-0.15, -0.1) is 0 Å². The van der Waals surface area contributed by atoms with E-state index < -0.39 is 5.91 Å². The number of rotatable bonds is 3. The first kappa shape index (κ1) is 13.2. The Hall–Kier alpha value is -2.80. The zero-order valence-corrected chi connectivity index (χ0v) is 11.7. The van der Waals surface area contributed by atoms with E-state index in [0.29, 0.717) is 16.2 Å². The third kappa shape index (κ3) is 2.46. The van der Waals surface area contributed by atoms with Gasteiger partial charge in [0.15, 0.2) is 10.6 Å². The number of hydrogen-bond acceptors (Lipinski definition) is 4. The molecule has 1 amide bonds. The lowest BCUT2D eigenvalue weighted by molar-refractivity contribution is 0.100. The second kappa shape index (κ2) is 5.29. The van der Waals surface area contributed by atoms with Crippen LogP contribution in [-0.2, 0) is 0 Å². The number of nitrogens with two attached hydrogens (primary N) is 1. The fourth-order valence-electron chi connectivity index (χ4n) is 2.03. The molecule has 0 saturated carbocycles. The summed E-state index contributed by atoms with van der Waals surface area (Å²) in [7, 11) is 0. The van der Waals surface area contributed by atoms with E-state index in [9.17, 15) is 4.79 Å². The van der Waals surface area contributed by atoms with Crippen LogP contribution in [0.4, 0.5) is 0 Å². The van der Waals surface area contributed by atoms with Crippen LogP contribution in [0, 0.1) is 4.77 Å². The van der Waals surface area contributed by atoms with Crippen molar-refractivity contribution in [2.24, 2.45) is 5.73 Å². The van der Waals surface area contributed by atoms with Gasteiger partial charge >= 0.3 is 0 Å². The van der Waals surface area contributed by atoms with Crippen molar-refractivity contribution in [2.45, 2.75) is 0 Å². The number of pyridine rings is 1. The summed E-state index contributed by atoms with van der Waals surface area (Å²) in [4.78, 5) is 15.3. The highest BCUT2D eigenvalue weighted by atomic mass is 32.1. The van der Waals surface area contributed by atoms with E-state index in [1.54, 1.807) is 35.2 Å². The minimum atomic E-state index is -0.489. The van der Waals surface area contributed by atoms with Crippen LogP contribution in [0.25, 0.3) is 17.1 Å². The Balaban J connectivity index is 2.20. The topological polar surface area (TPSA) is 89.6 Å². The molecule has 3 N–H and O–H groups in total. The van der Waals surface area contributed by atoms with Crippen molar-refractivity contribution in [3.05, 3.63) is 59.1 Å². The van der Waals surface area contributed by atoms with E-state index in [4.69, 9.17) is 18.0 Å². The van der Waals surface area contributed by atoms with E-state index in [1.807, 2.05) is 18.2 Å². The predicted octanol–water partition coefficient (Wildman–Crippen LogP) is 2.09. The average Bonchev–Trinajstić information content (AvgIpc) is 2.90. The molecule has 6 nitrogen and oxygen atoms in total. The Morgan fingerprint density at radius 2 is 2.00 bits per heavy atom. The smallest absolute Gasteiger partial charge is 0.248 e. The van der Waals surface area contributed by atoms with Gasteiger partial charge in [-0.25, -0.2) is 0 Å². The van der Waals surface area contributed by atoms with E-state index in [0.717, 1.165) is 11.3 Å². The van der Waals surface area contributed by atoms with Crippen molar-refractivity contribution in [1.29, 1.82) is 0 Å². The van der Waals surface area contributed by atoms with Crippen LogP contribution in [0.2, 0.25) is 0 Å².